The summed E-state index contributed by atoms with van der Waals surface area (Å²) < 4.78 is 0. The van der Waals surface area contributed by atoms with E-state index in [-0.39, 0.29) is 6.10 Å². The molecule has 2 fully saturated rings. The molecule has 3 heteroatoms. The lowest BCUT2D eigenvalue weighted by Crippen LogP contribution is -2.44. The van der Waals surface area contributed by atoms with Crippen LogP contribution in [0, 0.1) is 5.92 Å². The van der Waals surface area contributed by atoms with Gasteiger partial charge in [-0.25, -0.2) is 0 Å². The van der Waals surface area contributed by atoms with Gasteiger partial charge in [0.1, 0.15) is 0 Å². The molecule has 2 aliphatic rings. The first-order chi connectivity index (χ1) is 10.3. The van der Waals surface area contributed by atoms with E-state index >= 15 is 0 Å². The Balaban J connectivity index is 1.37. The molecule has 2 atom stereocenters. The monoisotopic (exact) mass is 288 g/mol. The van der Waals surface area contributed by atoms with E-state index < -0.39 is 0 Å². The Morgan fingerprint density at radius 2 is 1.81 bits per heavy atom. The molecule has 0 spiro atoms. The van der Waals surface area contributed by atoms with E-state index in [1.165, 1.54) is 44.3 Å². The third kappa shape index (κ3) is 4.29. The van der Waals surface area contributed by atoms with Gasteiger partial charge in [-0.05, 0) is 50.3 Å². The Labute approximate surface area is 128 Å². The van der Waals surface area contributed by atoms with Gasteiger partial charge >= 0.3 is 0 Å². The van der Waals surface area contributed by atoms with Crippen LogP contribution in [0.15, 0.2) is 30.3 Å². The Morgan fingerprint density at radius 3 is 2.48 bits per heavy atom. The molecule has 2 unspecified atom stereocenters. The van der Waals surface area contributed by atoms with Crippen molar-refractivity contribution < 1.29 is 5.11 Å². The molecular formula is C18H28N2O. The Morgan fingerprint density at radius 1 is 1.05 bits per heavy atom. The van der Waals surface area contributed by atoms with Crippen molar-refractivity contribution in [2.75, 3.05) is 19.6 Å². The third-order valence-corrected chi connectivity index (χ3v) is 5.12. The van der Waals surface area contributed by atoms with Gasteiger partial charge in [0.2, 0.25) is 0 Å². The average molecular weight is 288 g/mol. The van der Waals surface area contributed by atoms with Crippen LogP contribution in [0.4, 0.5) is 0 Å². The van der Waals surface area contributed by atoms with Crippen LogP contribution >= 0.6 is 0 Å². The Hall–Kier alpha value is -0.900. The fourth-order valence-corrected chi connectivity index (χ4v) is 3.71. The van der Waals surface area contributed by atoms with E-state index in [4.69, 9.17) is 0 Å². The molecule has 3 nitrogen and oxygen atoms in total. The lowest BCUT2D eigenvalue weighted by Gasteiger charge is -2.33. The first-order valence-electron chi connectivity index (χ1n) is 8.49. The molecule has 1 aliphatic heterocycles. The average Bonchev–Trinajstić information content (AvgIpc) is 2.93. The zero-order valence-electron chi connectivity index (χ0n) is 12.9. The van der Waals surface area contributed by atoms with Crippen LogP contribution < -0.4 is 5.32 Å². The maximum Gasteiger partial charge on any atom is 0.0580 e. The number of rotatable bonds is 5. The van der Waals surface area contributed by atoms with Gasteiger partial charge in [-0.15, -0.1) is 0 Å². The van der Waals surface area contributed by atoms with Crippen LogP contribution in [0.5, 0.6) is 0 Å². The summed E-state index contributed by atoms with van der Waals surface area (Å²) in [5.41, 5.74) is 1.41. The van der Waals surface area contributed by atoms with Crippen LogP contribution in [-0.2, 0) is 6.54 Å². The van der Waals surface area contributed by atoms with Crippen LogP contribution in [0.25, 0.3) is 0 Å². The molecule has 1 heterocycles. The van der Waals surface area contributed by atoms with Crippen molar-refractivity contribution in [3.05, 3.63) is 35.9 Å². The summed E-state index contributed by atoms with van der Waals surface area (Å²) in [6, 6.07) is 11.4. The first kappa shape index (κ1) is 15.0. The fourth-order valence-electron chi connectivity index (χ4n) is 3.71. The van der Waals surface area contributed by atoms with Crippen LogP contribution in [-0.4, -0.2) is 41.8 Å². The van der Waals surface area contributed by atoms with E-state index in [1.807, 2.05) is 0 Å². The molecule has 0 radical (unpaired) electrons. The molecule has 116 valence electrons. The predicted molar refractivity (Wildman–Crippen MR) is 86.1 cm³/mol. The standard InChI is InChI=1S/C18H28N2O/c21-18-8-4-7-16(18)13-19-17-9-11-20(12-10-17)14-15-5-2-1-3-6-15/h1-3,5-6,16-19,21H,4,7-14H2. The normalized spacial score (nSPS) is 28.0. The second-order valence-corrected chi connectivity index (χ2v) is 6.70. The van der Waals surface area contributed by atoms with Gasteiger partial charge in [0.25, 0.3) is 0 Å². The van der Waals surface area contributed by atoms with Gasteiger partial charge in [0, 0.05) is 19.1 Å². The highest BCUT2D eigenvalue weighted by molar-refractivity contribution is 5.14. The van der Waals surface area contributed by atoms with Gasteiger partial charge in [-0.1, -0.05) is 36.8 Å². The molecule has 1 aromatic carbocycles. The minimum atomic E-state index is -0.0596. The van der Waals surface area contributed by atoms with E-state index in [1.54, 1.807) is 0 Å². The largest absolute Gasteiger partial charge is 0.393 e. The Bertz CT molecular complexity index is 414. The van der Waals surface area contributed by atoms with Gasteiger partial charge in [0.05, 0.1) is 6.10 Å². The lowest BCUT2D eigenvalue weighted by atomic mass is 10.0. The SMILES string of the molecule is OC1CCCC1CNC1CCN(Cc2ccccc2)CC1. The smallest absolute Gasteiger partial charge is 0.0580 e. The number of benzene rings is 1. The summed E-state index contributed by atoms with van der Waals surface area (Å²) >= 11 is 0. The summed E-state index contributed by atoms with van der Waals surface area (Å²) in [5, 5.41) is 13.6. The van der Waals surface area contributed by atoms with E-state index in [2.05, 4.69) is 40.5 Å². The maximum absolute atomic E-state index is 9.88. The van der Waals surface area contributed by atoms with Crippen molar-refractivity contribution in [3.63, 3.8) is 0 Å². The first-order valence-corrected chi connectivity index (χ1v) is 8.49. The summed E-state index contributed by atoms with van der Waals surface area (Å²) in [6.45, 7) is 4.44. The van der Waals surface area contributed by atoms with Gasteiger partial charge in [-0.3, -0.25) is 4.90 Å². The molecule has 3 rings (SSSR count). The van der Waals surface area contributed by atoms with Crippen molar-refractivity contribution in [3.8, 4) is 0 Å². The summed E-state index contributed by atoms with van der Waals surface area (Å²) in [6.07, 6.45) is 5.80. The van der Waals surface area contributed by atoms with Crippen molar-refractivity contribution in [1.29, 1.82) is 0 Å². The topological polar surface area (TPSA) is 35.5 Å². The van der Waals surface area contributed by atoms with Crippen LogP contribution in [0.2, 0.25) is 0 Å². The molecule has 1 saturated heterocycles. The summed E-state index contributed by atoms with van der Waals surface area (Å²) in [4.78, 5) is 2.55. The number of aliphatic hydroxyl groups excluding tert-OH is 1. The van der Waals surface area contributed by atoms with E-state index in [0.717, 1.165) is 19.5 Å². The molecule has 21 heavy (non-hydrogen) atoms. The van der Waals surface area contributed by atoms with Crippen molar-refractivity contribution in [2.24, 2.45) is 5.92 Å². The lowest BCUT2D eigenvalue weighted by molar-refractivity contribution is 0.124. The van der Waals surface area contributed by atoms with Crippen molar-refractivity contribution >= 4 is 0 Å². The summed E-state index contributed by atoms with van der Waals surface area (Å²) in [5.74, 6) is 0.493. The van der Waals surface area contributed by atoms with Gasteiger partial charge in [-0.2, -0.15) is 0 Å². The van der Waals surface area contributed by atoms with Crippen molar-refractivity contribution in [2.45, 2.75) is 50.8 Å². The molecule has 1 aromatic rings. The van der Waals surface area contributed by atoms with Gasteiger partial charge < -0.3 is 10.4 Å². The molecule has 0 bridgehead atoms. The molecular weight excluding hydrogens is 260 g/mol. The number of hydrogen-bond donors (Lipinski definition) is 2. The maximum atomic E-state index is 9.88. The zero-order chi connectivity index (χ0) is 14.5. The molecule has 1 saturated carbocycles. The van der Waals surface area contributed by atoms with Crippen LogP contribution in [0.1, 0.15) is 37.7 Å². The minimum absolute atomic E-state index is 0.0596. The highest BCUT2D eigenvalue weighted by atomic mass is 16.3. The highest BCUT2D eigenvalue weighted by Gasteiger charge is 2.26. The highest BCUT2D eigenvalue weighted by Crippen LogP contribution is 2.25. The number of likely N-dealkylation sites (tertiary alicyclic amines) is 1. The van der Waals surface area contributed by atoms with Crippen LogP contribution in [0.3, 0.4) is 0 Å². The van der Waals surface area contributed by atoms with E-state index in [9.17, 15) is 5.11 Å². The minimum Gasteiger partial charge on any atom is -0.393 e. The predicted octanol–water partition coefficient (Wildman–Crippen LogP) is 2.40. The number of aliphatic hydroxyl groups is 1. The third-order valence-electron chi connectivity index (χ3n) is 5.12. The number of nitrogens with one attached hydrogen (secondary N) is 1. The molecule has 1 aliphatic carbocycles. The van der Waals surface area contributed by atoms with Crippen molar-refractivity contribution in [1.82, 2.24) is 10.2 Å². The number of hydrogen-bond acceptors (Lipinski definition) is 3. The quantitative estimate of drug-likeness (QED) is 0.873. The zero-order valence-corrected chi connectivity index (χ0v) is 12.9. The summed E-state index contributed by atoms with van der Waals surface area (Å²) in [7, 11) is 0. The second kappa shape index (κ2) is 7.39. The number of piperidine rings is 1. The molecule has 0 amide bonds. The molecule has 0 aromatic heterocycles. The number of nitrogens with zero attached hydrogens (tertiary/aromatic N) is 1. The van der Waals surface area contributed by atoms with E-state index in [0.29, 0.717) is 12.0 Å². The second-order valence-electron chi connectivity index (χ2n) is 6.70. The van der Waals surface area contributed by atoms with Gasteiger partial charge in [0.15, 0.2) is 0 Å². The Kier molecular flexibility index (Phi) is 5.28. The fraction of sp³-hybridized carbons (Fsp3) is 0.667. The molecule has 2 N–H and O–H groups in total.